The fraction of sp³-hybridized carbons (Fsp3) is 0.500. The first kappa shape index (κ1) is 18.5. The maximum Gasteiger partial charge on any atom is 0.251 e. The van der Waals surface area contributed by atoms with Crippen molar-refractivity contribution in [3.05, 3.63) is 33.3 Å². The van der Waals surface area contributed by atoms with E-state index in [-0.39, 0.29) is 25.1 Å². The maximum absolute atomic E-state index is 12.2. The molecule has 0 unspecified atom stereocenters. The molecule has 1 aliphatic heterocycles. The van der Waals surface area contributed by atoms with Gasteiger partial charge in [-0.25, -0.2) is 8.42 Å². The Bertz CT molecular complexity index is 686. The van der Waals surface area contributed by atoms with E-state index in [0.717, 1.165) is 6.26 Å². The lowest BCUT2D eigenvalue weighted by Gasteiger charge is -2.31. The molecular formula is C14H18Cl2N2O4S. The maximum atomic E-state index is 12.2. The predicted molar refractivity (Wildman–Crippen MR) is 89.7 cm³/mol. The first-order valence-electron chi connectivity index (χ1n) is 6.99. The molecule has 23 heavy (non-hydrogen) atoms. The number of nitrogens with one attached hydrogen (secondary N) is 1. The molecule has 1 heterocycles. The van der Waals surface area contributed by atoms with Crippen molar-refractivity contribution in [2.75, 3.05) is 32.5 Å². The van der Waals surface area contributed by atoms with Crippen LogP contribution in [0.5, 0.6) is 0 Å². The van der Waals surface area contributed by atoms with Crippen molar-refractivity contribution in [3.63, 3.8) is 0 Å². The van der Waals surface area contributed by atoms with Crippen LogP contribution in [-0.2, 0) is 14.8 Å². The lowest BCUT2D eigenvalue weighted by Crippen LogP contribution is -2.49. The summed E-state index contributed by atoms with van der Waals surface area (Å²) in [4.78, 5) is 12.2. The van der Waals surface area contributed by atoms with Gasteiger partial charge in [-0.1, -0.05) is 23.2 Å². The van der Waals surface area contributed by atoms with E-state index in [1.807, 2.05) is 0 Å². The fourth-order valence-corrected chi connectivity index (χ4v) is 3.53. The van der Waals surface area contributed by atoms with Crippen LogP contribution >= 0.6 is 23.2 Å². The average molecular weight is 381 g/mol. The number of carbonyl (C=O) groups is 1. The minimum Gasteiger partial charge on any atom is -0.374 e. The summed E-state index contributed by atoms with van der Waals surface area (Å²) in [5.74, 6) is -0.339. The fourth-order valence-electron chi connectivity index (χ4n) is 2.20. The Hall–Kier alpha value is -0.860. The monoisotopic (exact) mass is 380 g/mol. The molecule has 0 aliphatic carbocycles. The topological polar surface area (TPSA) is 75.7 Å². The first-order chi connectivity index (χ1) is 10.7. The van der Waals surface area contributed by atoms with Crippen LogP contribution in [0, 0.1) is 6.92 Å². The molecule has 0 bridgehead atoms. The lowest BCUT2D eigenvalue weighted by atomic mass is 10.1. The SMILES string of the molecule is Cc1c(Cl)cc(C(=O)NC[C@H]2CN(S(C)(=O)=O)CCO2)cc1Cl. The van der Waals surface area contributed by atoms with Crippen LogP contribution in [-0.4, -0.2) is 57.2 Å². The van der Waals surface area contributed by atoms with Gasteiger partial charge in [0.15, 0.2) is 0 Å². The molecule has 1 aromatic carbocycles. The number of halogens is 2. The highest BCUT2D eigenvalue weighted by atomic mass is 35.5. The van der Waals surface area contributed by atoms with Crippen molar-refractivity contribution in [1.82, 2.24) is 9.62 Å². The van der Waals surface area contributed by atoms with Gasteiger partial charge in [-0.3, -0.25) is 4.79 Å². The molecule has 1 aromatic rings. The second kappa shape index (κ2) is 7.36. The van der Waals surface area contributed by atoms with Crippen LogP contribution in [0.25, 0.3) is 0 Å². The Morgan fingerprint density at radius 2 is 2.00 bits per heavy atom. The highest BCUT2D eigenvalue weighted by Gasteiger charge is 2.26. The summed E-state index contributed by atoms with van der Waals surface area (Å²) in [7, 11) is -3.26. The van der Waals surface area contributed by atoms with E-state index in [4.69, 9.17) is 27.9 Å². The summed E-state index contributed by atoms with van der Waals surface area (Å²) in [6.45, 7) is 2.81. The molecule has 1 N–H and O–H groups in total. The van der Waals surface area contributed by atoms with Gasteiger partial charge in [0.2, 0.25) is 10.0 Å². The van der Waals surface area contributed by atoms with E-state index in [9.17, 15) is 13.2 Å². The number of hydrogen-bond donors (Lipinski definition) is 1. The van der Waals surface area contributed by atoms with Gasteiger partial charge in [0.1, 0.15) is 0 Å². The minimum atomic E-state index is -3.26. The van der Waals surface area contributed by atoms with E-state index in [1.54, 1.807) is 19.1 Å². The molecule has 1 atom stereocenters. The minimum absolute atomic E-state index is 0.202. The van der Waals surface area contributed by atoms with Gasteiger partial charge in [0.25, 0.3) is 5.91 Å². The molecule has 128 valence electrons. The molecule has 9 heteroatoms. The molecule has 0 aromatic heterocycles. The molecule has 1 saturated heterocycles. The number of ether oxygens (including phenoxy) is 1. The third-order valence-corrected chi connectivity index (χ3v) is 5.66. The molecule has 0 radical (unpaired) electrons. The Kier molecular flexibility index (Phi) is 5.91. The Balaban J connectivity index is 1.97. The van der Waals surface area contributed by atoms with Crippen molar-refractivity contribution in [2.45, 2.75) is 13.0 Å². The van der Waals surface area contributed by atoms with Gasteiger partial charge in [0.05, 0.1) is 19.0 Å². The number of sulfonamides is 1. The lowest BCUT2D eigenvalue weighted by molar-refractivity contribution is 0.000438. The van der Waals surface area contributed by atoms with E-state index in [1.165, 1.54) is 4.31 Å². The summed E-state index contributed by atoms with van der Waals surface area (Å²) >= 11 is 12.0. The second-order valence-electron chi connectivity index (χ2n) is 5.39. The van der Waals surface area contributed by atoms with Gasteiger partial charge >= 0.3 is 0 Å². The van der Waals surface area contributed by atoms with Gasteiger partial charge in [-0.15, -0.1) is 0 Å². The number of benzene rings is 1. The Morgan fingerprint density at radius 1 is 1.39 bits per heavy atom. The second-order valence-corrected chi connectivity index (χ2v) is 8.19. The smallest absolute Gasteiger partial charge is 0.251 e. The number of carbonyl (C=O) groups excluding carboxylic acids is 1. The average Bonchev–Trinajstić information content (AvgIpc) is 2.49. The van der Waals surface area contributed by atoms with Crippen LogP contribution in [0.3, 0.4) is 0 Å². The summed E-state index contributed by atoms with van der Waals surface area (Å²) in [6.07, 6.45) is 0.767. The predicted octanol–water partition coefficient (Wildman–Crippen LogP) is 1.69. The van der Waals surface area contributed by atoms with Crippen LogP contribution in [0.15, 0.2) is 12.1 Å². The zero-order chi connectivity index (χ0) is 17.2. The van der Waals surface area contributed by atoms with Gasteiger partial charge in [0, 0.05) is 35.2 Å². The molecular weight excluding hydrogens is 363 g/mol. The van der Waals surface area contributed by atoms with E-state index < -0.39 is 10.0 Å². The summed E-state index contributed by atoms with van der Waals surface area (Å²) in [5.41, 5.74) is 1.06. The van der Waals surface area contributed by atoms with Crippen LogP contribution in [0.2, 0.25) is 10.0 Å². The summed E-state index contributed by atoms with van der Waals surface area (Å²) in [6, 6.07) is 3.09. The number of morpholine rings is 1. The van der Waals surface area contributed by atoms with Gasteiger partial charge < -0.3 is 10.1 Å². The van der Waals surface area contributed by atoms with Crippen LogP contribution in [0.4, 0.5) is 0 Å². The van der Waals surface area contributed by atoms with E-state index in [0.29, 0.717) is 34.3 Å². The highest BCUT2D eigenvalue weighted by Crippen LogP contribution is 2.25. The molecule has 0 spiro atoms. The molecule has 1 amide bonds. The van der Waals surface area contributed by atoms with Crippen LogP contribution in [0.1, 0.15) is 15.9 Å². The Morgan fingerprint density at radius 3 is 2.57 bits per heavy atom. The quantitative estimate of drug-likeness (QED) is 0.862. The normalized spacial score (nSPS) is 19.6. The molecule has 0 saturated carbocycles. The summed E-state index contributed by atoms with van der Waals surface area (Å²) in [5, 5.41) is 3.54. The van der Waals surface area contributed by atoms with Crippen molar-refractivity contribution >= 4 is 39.1 Å². The van der Waals surface area contributed by atoms with Crippen molar-refractivity contribution in [1.29, 1.82) is 0 Å². The molecule has 6 nitrogen and oxygen atoms in total. The third kappa shape index (κ3) is 4.81. The van der Waals surface area contributed by atoms with E-state index >= 15 is 0 Å². The van der Waals surface area contributed by atoms with Crippen molar-refractivity contribution in [2.24, 2.45) is 0 Å². The van der Waals surface area contributed by atoms with Gasteiger partial charge in [-0.05, 0) is 24.6 Å². The zero-order valence-electron chi connectivity index (χ0n) is 12.8. The van der Waals surface area contributed by atoms with E-state index in [2.05, 4.69) is 5.32 Å². The largest absolute Gasteiger partial charge is 0.374 e. The number of nitrogens with zero attached hydrogens (tertiary/aromatic N) is 1. The standard InChI is InChI=1S/C14H18Cl2N2O4S/c1-9-12(15)5-10(6-13(9)16)14(19)17-7-11-8-18(3-4-22-11)23(2,20)21/h5-6,11H,3-4,7-8H2,1-2H3,(H,17,19)/t11-/m0/s1. The number of hydrogen-bond acceptors (Lipinski definition) is 4. The molecule has 1 fully saturated rings. The Labute approximate surface area is 145 Å². The van der Waals surface area contributed by atoms with Gasteiger partial charge in [-0.2, -0.15) is 4.31 Å². The van der Waals surface area contributed by atoms with Crippen LogP contribution < -0.4 is 5.32 Å². The number of rotatable bonds is 4. The van der Waals surface area contributed by atoms with Crippen molar-refractivity contribution in [3.8, 4) is 0 Å². The van der Waals surface area contributed by atoms with Crippen molar-refractivity contribution < 1.29 is 17.9 Å². The third-order valence-electron chi connectivity index (χ3n) is 3.60. The highest BCUT2D eigenvalue weighted by molar-refractivity contribution is 7.88. The zero-order valence-corrected chi connectivity index (χ0v) is 15.1. The molecule has 2 rings (SSSR count). The summed E-state index contributed by atoms with van der Waals surface area (Å²) < 4.78 is 29.9. The number of amides is 1. The first-order valence-corrected chi connectivity index (χ1v) is 9.59. The molecule has 1 aliphatic rings.